The van der Waals surface area contributed by atoms with Gasteiger partial charge in [-0.3, -0.25) is 4.79 Å². The van der Waals surface area contributed by atoms with Gasteiger partial charge in [-0.2, -0.15) is 0 Å². The highest BCUT2D eigenvalue weighted by Gasteiger charge is 2.08. The van der Waals surface area contributed by atoms with Crippen molar-refractivity contribution in [2.45, 2.75) is 20.0 Å². The largest absolute Gasteiger partial charge is 0.392 e. The fourth-order valence-electron chi connectivity index (χ4n) is 1.61. The van der Waals surface area contributed by atoms with Gasteiger partial charge in [-0.05, 0) is 26.0 Å². The Bertz CT molecular complexity index is 347. The number of likely N-dealkylation sites (N-methyl/N-ethyl adjacent to an activating group) is 1. The molecule has 0 fully saturated rings. The number of anilines is 1. The molecule has 1 aromatic carbocycles. The average Bonchev–Trinajstić information content (AvgIpc) is 2.16. The van der Waals surface area contributed by atoms with Crippen molar-refractivity contribution in [2.75, 3.05) is 18.5 Å². The Morgan fingerprint density at radius 1 is 1.53 bits per heavy atom. The Morgan fingerprint density at radius 2 is 2.20 bits per heavy atom. The van der Waals surface area contributed by atoms with E-state index in [1.54, 1.807) is 6.92 Å². The second-order valence-corrected chi connectivity index (χ2v) is 3.91. The van der Waals surface area contributed by atoms with Gasteiger partial charge >= 0.3 is 0 Å². The summed E-state index contributed by atoms with van der Waals surface area (Å²) in [4.78, 5) is 12.8. The van der Waals surface area contributed by atoms with Crippen molar-refractivity contribution in [3.05, 3.63) is 29.3 Å². The molecule has 0 bridgehead atoms. The molecule has 1 rings (SSSR count). The number of hydrogen-bond donors (Lipinski definition) is 1. The third kappa shape index (κ3) is 3.06. The van der Waals surface area contributed by atoms with Gasteiger partial charge in [0.15, 0.2) is 6.29 Å². The zero-order chi connectivity index (χ0) is 11.4. The highest BCUT2D eigenvalue weighted by Crippen LogP contribution is 2.19. The van der Waals surface area contributed by atoms with E-state index in [4.69, 9.17) is 0 Å². The number of rotatable bonds is 4. The second kappa shape index (κ2) is 4.94. The minimum atomic E-state index is -0.407. The fraction of sp³-hybridized carbons (Fsp3) is 0.417. The van der Waals surface area contributed by atoms with Gasteiger partial charge in [-0.25, -0.2) is 0 Å². The van der Waals surface area contributed by atoms with Gasteiger partial charge in [0.25, 0.3) is 0 Å². The van der Waals surface area contributed by atoms with Crippen LogP contribution in [0.5, 0.6) is 0 Å². The topological polar surface area (TPSA) is 40.5 Å². The molecule has 3 nitrogen and oxygen atoms in total. The molecule has 0 heterocycles. The zero-order valence-electron chi connectivity index (χ0n) is 9.40. The molecule has 1 unspecified atom stereocenters. The van der Waals surface area contributed by atoms with Crippen LogP contribution < -0.4 is 4.90 Å². The smallest absolute Gasteiger partial charge is 0.152 e. The van der Waals surface area contributed by atoms with Gasteiger partial charge in [-0.15, -0.1) is 0 Å². The van der Waals surface area contributed by atoms with Crippen LogP contribution in [-0.2, 0) is 0 Å². The first-order valence-corrected chi connectivity index (χ1v) is 4.99. The summed E-state index contributed by atoms with van der Waals surface area (Å²) in [6.07, 6.45) is 0.441. The number of carbonyl (C=O) groups excluding carboxylic acids is 1. The summed E-state index contributed by atoms with van der Waals surface area (Å²) in [6, 6.07) is 5.71. The van der Waals surface area contributed by atoms with E-state index in [2.05, 4.69) is 0 Å². The molecule has 0 aliphatic carbocycles. The molecule has 0 radical (unpaired) electrons. The summed E-state index contributed by atoms with van der Waals surface area (Å²) in [5.74, 6) is 0. The summed E-state index contributed by atoms with van der Waals surface area (Å²) in [5.41, 5.74) is 2.58. The average molecular weight is 207 g/mol. The molecule has 15 heavy (non-hydrogen) atoms. The molecule has 1 atom stereocenters. The van der Waals surface area contributed by atoms with Crippen LogP contribution in [0.4, 0.5) is 5.69 Å². The minimum Gasteiger partial charge on any atom is -0.392 e. The maximum atomic E-state index is 10.9. The molecule has 0 saturated carbocycles. The summed E-state index contributed by atoms with van der Waals surface area (Å²) < 4.78 is 0. The first-order valence-electron chi connectivity index (χ1n) is 4.99. The van der Waals surface area contributed by atoms with Crippen LogP contribution in [0.1, 0.15) is 22.8 Å². The van der Waals surface area contributed by atoms with E-state index in [0.717, 1.165) is 17.5 Å². The Hall–Kier alpha value is -1.35. The maximum Gasteiger partial charge on any atom is 0.152 e. The zero-order valence-corrected chi connectivity index (χ0v) is 9.40. The quantitative estimate of drug-likeness (QED) is 0.763. The lowest BCUT2D eigenvalue weighted by atomic mass is 10.1. The molecule has 1 aromatic rings. The standard InChI is InChI=1S/C12H17NO2/c1-9-4-5-12(11(6-9)8-14)13(3)7-10(2)15/h4-6,8,10,15H,7H2,1-3H3. The number of aliphatic hydroxyl groups is 1. The SMILES string of the molecule is Cc1ccc(N(C)CC(C)O)c(C=O)c1. The number of aldehydes is 1. The highest BCUT2D eigenvalue weighted by molar-refractivity contribution is 5.84. The van der Waals surface area contributed by atoms with Crippen molar-refractivity contribution in [1.82, 2.24) is 0 Å². The number of benzene rings is 1. The molecule has 0 saturated heterocycles. The van der Waals surface area contributed by atoms with Gasteiger partial charge in [0.1, 0.15) is 0 Å². The van der Waals surface area contributed by atoms with Crippen LogP contribution in [0, 0.1) is 6.92 Å². The van der Waals surface area contributed by atoms with E-state index in [-0.39, 0.29) is 0 Å². The highest BCUT2D eigenvalue weighted by atomic mass is 16.3. The molecule has 0 amide bonds. The molecule has 0 spiro atoms. The molecular formula is C12H17NO2. The van der Waals surface area contributed by atoms with Gasteiger partial charge < -0.3 is 10.0 Å². The molecule has 0 aliphatic heterocycles. The fourth-order valence-corrected chi connectivity index (χ4v) is 1.61. The van der Waals surface area contributed by atoms with Gasteiger partial charge in [0, 0.05) is 24.8 Å². The Morgan fingerprint density at radius 3 is 2.73 bits per heavy atom. The van der Waals surface area contributed by atoms with Crippen LogP contribution in [0.25, 0.3) is 0 Å². The Labute approximate surface area is 90.3 Å². The van der Waals surface area contributed by atoms with E-state index >= 15 is 0 Å². The summed E-state index contributed by atoms with van der Waals surface area (Å²) >= 11 is 0. The van der Waals surface area contributed by atoms with Crippen LogP contribution >= 0.6 is 0 Å². The molecule has 3 heteroatoms. The Kier molecular flexibility index (Phi) is 3.86. The second-order valence-electron chi connectivity index (χ2n) is 3.91. The van der Waals surface area contributed by atoms with Crippen molar-refractivity contribution in [1.29, 1.82) is 0 Å². The number of hydrogen-bond acceptors (Lipinski definition) is 3. The van der Waals surface area contributed by atoms with Crippen molar-refractivity contribution in [3.63, 3.8) is 0 Å². The molecule has 1 N–H and O–H groups in total. The van der Waals surface area contributed by atoms with E-state index < -0.39 is 6.10 Å². The number of aryl methyl sites for hydroxylation is 1. The Balaban J connectivity index is 2.97. The molecular weight excluding hydrogens is 190 g/mol. The maximum absolute atomic E-state index is 10.9. The van der Waals surface area contributed by atoms with E-state index in [1.807, 2.05) is 37.1 Å². The predicted octanol–water partition coefficient (Wildman–Crippen LogP) is 1.62. The van der Waals surface area contributed by atoms with E-state index in [0.29, 0.717) is 12.1 Å². The predicted molar refractivity (Wildman–Crippen MR) is 61.5 cm³/mol. The third-order valence-electron chi connectivity index (χ3n) is 2.26. The number of carbonyl (C=O) groups is 1. The van der Waals surface area contributed by atoms with Crippen molar-refractivity contribution in [2.24, 2.45) is 0 Å². The number of nitrogens with zero attached hydrogens (tertiary/aromatic N) is 1. The minimum absolute atomic E-state index is 0.407. The van der Waals surface area contributed by atoms with E-state index in [1.165, 1.54) is 0 Å². The lowest BCUT2D eigenvalue weighted by molar-refractivity contribution is 0.112. The number of aliphatic hydroxyl groups excluding tert-OH is 1. The summed E-state index contributed by atoms with van der Waals surface area (Å²) in [5, 5.41) is 9.27. The normalized spacial score (nSPS) is 12.3. The molecule has 0 aliphatic rings. The summed E-state index contributed by atoms with van der Waals surface area (Å²) in [7, 11) is 1.87. The molecule has 0 aromatic heterocycles. The third-order valence-corrected chi connectivity index (χ3v) is 2.26. The van der Waals surface area contributed by atoms with Crippen LogP contribution in [0.3, 0.4) is 0 Å². The first-order chi connectivity index (χ1) is 7.04. The monoisotopic (exact) mass is 207 g/mol. The van der Waals surface area contributed by atoms with Gasteiger partial charge in [-0.1, -0.05) is 11.6 Å². The van der Waals surface area contributed by atoms with Gasteiger partial charge in [0.2, 0.25) is 0 Å². The van der Waals surface area contributed by atoms with E-state index in [9.17, 15) is 9.90 Å². The summed E-state index contributed by atoms with van der Waals surface area (Å²) in [6.45, 7) is 4.20. The van der Waals surface area contributed by atoms with Crippen molar-refractivity contribution >= 4 is 12.0 Å². The van der Waals surface area contributed by atoms with Gasteiger partial charge in [0.05, 0.1) is 6.10 Å². The first kappa shape index (κ1) is 11.7. The molecule has 82 valence electrons. The lowest BCUT2D eigenvalue weighted by Gasteiger charge is -2.22. The van der Waals surface area contributed by atoms with Crippen LogP contribution in [0.2, 0.25) is 0 Å². The van der Waals surface area contributed by atoms with Crippen molar-refractivity contribution in [3.8, 4) is 0 Å². The van der Waals surface area contributed by atoms with Crippen LogP contribution in [-0.4, -0.2) is 31.1 Å². The lowest BCUT2D eigenvalue weighted by Crippen LogP contribution is -2.27. The van der Waals surface area contributed by atoms with Crippen molar-refractivity contribution < 1.29 is 9.90 Å². The van der Waals surface area contributed by atoms with Crippen LogP contribution in [0.15, 0.2) is 18.2 Å².